The van der Waals surface area contributed by atoms with Crippen molar-refractivity contribution in [1.82, 2.24) is 4.90 Å². The highest BCUT2D eigenvalue weighted by atomic mass is 79.9. The molecule has 1 aromatic rings. The third-order valence-electron chi connectivity index (χ3n) is 3.16. The average Bonchev–Trinajstić information content (AvgIpc) is 2.35. The molecule has 0 atom stereocenters. The van der Waals surface area contributed by atoms with Crippen molar-refractivity contribution in [3.8, 4) is 5.75 Å². The van der Waals surface area contributed by atoms with Gasteiger partial charge in [0.2, 0.25) is 0 Å². The Morgan fingerprint density at radius 2 is 2.06 bits per heavy atom. The van der Waals surface area contributed by atoms with Crippen LogP contribution < -0.4 is 4.74 Å². The van der Waals surface area contributed by atoms with Gasteiger partial charge in [0, 0.05) is 15.8 Å². The number of methoxy groups -OCH3 is 1. The summed E-state index contributed by atoms with van der Waals surface area (Å²) in [5.41, 5.74) is 1.30. The molecule has 0 radical (unpaired) electrons. The van der Waals surface area contributed by atoms with Gasteiger partial charge in [-0.25, -0.2) is 0 Å². The number of ether oxygens (including phenoxy) is 1. The summed E-state index contributed by atoms with van der Waals surface area (Å²) >= 11 is 7.29. The van der Waals surface area contributed by atoms with Crippen LogP contribution in [0.4, 0.5) is 0 Å². The van der Waals surface area contributed by atoms with Crippen LogP contribution in [0.1, 0.15) is 18.4 Å². The van der Waals surface area contributed by atoms with Crippen LogP contribution in [0.5, 0.6) is 5.75 Å². The first-order chi connectivity index (χ1) is 8.19. The standard InChI is InChI=1S/C13H17Br2NO/c1-17-12-2-3-13(15)10(8-12)9-16-6-4-11(14)5-7-16/h2-3,8,11H,4-7,9H2,1H3. The maximum Gasteiger partial charge on any atom is 0.119 e. The summed E-state index contributed by atoms with van der Waals surface area (Å²) < 4.78 is 6.44. The molecule has 1 aromatic carbocycles. The molecular formula is C13H17Br2NO. The number of halogens is 2. The minimum Gasteiger partial charge on any atom is -0.497 e. The molecule has 1 saturated heterocycles. The molecule has 1 aliphatic rings. The molecule has 1 aliphatic heterocycles. The molecule has 4 heteroatoms. The number of likely N-dealkylation sites (tertiary alicyclic amines) is 1. The summed E-state index contributed by atoms with van der Waals surface area (Å²) in [5.74, 6) is 0.929. The van der Waals surface area contributed by atoms with Gasteiger partial charge < -0.3 is 4.74 Å². The van der Waals surface area contributed by atoms with Crippen LogP contribution in [-0.2, 0) is 6.54 Å². The van der Waals surface area contributed by atoms with Crippen LogP contribution >= 0.6 is 31.9 Å². The number of alkyl halides is 1. The lowest BCUT2D eigenvalue weighted by Gasteiger charge is -2.29. The molecule has 0 N–H and O–H groups in total. The Morgan fingerprint density at radius 3 is 2.71 bits per heavy atom. The summed E-state index contributed by atoms with van der Waals surface area (Å²) in [6.07, 6.45) is 2.48. The van der Waals surface area contributed by atoms with Crippen molar-refractivity contribution in [2.45, 2.75) is 24.2 Å². The number of hydrogen-bond donors (Lipinski definition) is 0. The van der Waals surface area contributed by atoms with E-state index in [1.807, 2.05) is 6.07 Å². The second-order valence-electron chi connectivity index (χ2n) is 4.41. The molecule has 0 aromatic heterocycles. The van der Waals surface area contributed by atoms with Gasteiger partial charge in [-0.15, -0.1) is 0 Å². The molecule has 1 heterocycles. The average molecular weight is 363 g/mol. The minimum atomic E-state index is 0.701. The molecule has 2 nitrogen and oxygen atoms in total. The molecular weight excluding hydrogens is 346 g/mol. The van der Waals surface area contributed by atoms with E-state index in [-0.39, 0.29) is 0 Å². The van der Waals surface area contributed by atoms with Crippen molar-refractivity contribution in [2.24, 2.45) is 0 Å². The third kappa shape index (κ3) is 3.70. The van der Waals surface area contributed by atoms with Gasteiger partial charge in [0.1, 0.15) is 5.75 Å². The fourth-order valence-electron chi connectivity index (χ4n) is 2.10. The number of benzene rings is 1. The van der Waals surface area contributed by atoms with Crippen LogP contribution in [0.25, 0.3) is 0 Å². The van der Waals surface area contributed by atoms with E-state index < -0.39 is 0 Å². The highest BCUT2D eigenvalue weighted by Crippen LogP contribution is 2.25. The van der Waals surface area contributed by atoms with Crippen LogP contribution in [0.15, 0.2) is 22.7 Å². The van der Waals surface area contributed by atoms with Crippen LogP contribution in [0.3, 0.4) is 0 Å². The van der Waals surface area contributed by atoms with Crippen molar-refractivity contribution in [2.75, 3.05) is 20.2 Å². The van der Waals surface area contributed by atoms with E-state index in [9.17, 15) is 0 Å². The van der Waals surface area contributed by atoms with Crippen LogP contribution in [-0.4, -0.2) is 29.9 Å². The molecule has 0 bridgehead atoms. The first-order valence-electron chi connectivity index (χ1n) is 5.88. The molecule has 94 valence electrons. The zero-order valence-corrected chi connectivity index (χ0v) is 13.1. The number of rotatable bonds is 3. The number of piperidine rings is 1. The molecule has 17 heavy (non-hydrogen) atoms. The maximum atomic E-state index is 5.27. The lowest BCUT2D eigenvalue weighted by atomic mass is 10.1. The normalized spacial score (nSPS) is 18.3. The Morgan fingerprint density at radius 1 is 1.35 bits per heavy atom. The molecule has 0 spiro atoms. The highest BCUT2D eigenvalue weighted by molar-refractivity contribution is 9.10. The van der Waals surface area contributed by atoms with Crippen molar-refractivity contribution >= 4 is 31.9 Å². The Hall–Kier alpha value is -0.0600. The van der Waals surface area contributed by atoms with E-state index in [1.165, 1.54) is 36.0 Å². The molecule has 0 saturated carbocycles. The zero-order valence-electron chi connectivity index (χ0n) is 9.96. The van der Waals surface area contributed by atoms with Gasteiger partial charge in [0.15, 0.2) is 0 Å². The second kappa shape index (κ2) is 6.21. The first kappa shape index (κ1) is 13.4. The summed E-state index contributed by atoms with van der Waals surface area (Å²) in [7, 11) is 1.71. The second-order valence-corrected chi connectivity index (χ2v) is 6.56. The number of hydrogen-bond acceptors (Lipinski definition) is 2. The van der Waals surface area contributed by atoms with Gasteiger partial charge in [-0.3, -0.25) is 4.90 Å². The smallest absolute Gasteiger partial charge is 0.119 e. The van der Waals surface area contributed by atoms with E-state index in [1.54, 1.807) is 7.11 Å². The third-order valence-corrected chi connectivity index (χ3v) is 4.85. The van der Waals surface area contributed by atoms with Crippen molar-refractivity contribution in [3.63, 3.8) is 0 Å². The van der Waals surface area contributed by atoms with Gasteiger partial charge in [0.05, 0.1) is 7.11 Å². The van der Waals surface area contributed by atoms with Gasteiger partial charge in [-0.1, -0.05) is 31.9 Å². The van der Waals surface area contributed by atoms with Crippen molar-refractivity contribution < 1.29 is 4.74 Å². The van der Waals surface area contributed by atoms with Crippen molar-refractivity contribution in [1.29, 1.82) is 0 Å². The van der Waals surface area contributed by atoms with Gasteiger partial charge >= 0.3 is 0 Å². The lowest BCUT2D eigenvalue weighted by molar-refractivity contribution is 0.225. The Bertz CT molecular complexity index is 376. The predicted molar refractivity (Wildman–Crippen MR) is 77.9 cm³/mol. The Labute approximate surface area is 120 Å². The van der Waals surface area contributed by atoms with E-state index >= 15 is 0 Å². The highest BCUT2D eigenvalue weighted by Gasteiger charge is 2.17. The SMILES string of the molecule is COc1ccc(Br)c(CN2CCC(Br)CC2)c1. The van der Waals surface area contributed by atoms with E-state index in [0.717, 1.165) is 12.3 Å². The first-order valence-corrected chi connectivity index (χ1v) is 7.59. The predicted octanol–water partition coefficient (Wildman–Crippen LogP) is 3.82. The van der Waals surface area contributed by atoms with Crippen LogP contribution in [0.2, 0.25) is 0 Å². The maximum absolute atomic E-state index is 5.27. The molecule has 1 fully saturated rings. The van der Waals surface area contributed by atoms with Crippen LogP contribution in [0, 0.1) is 0 Å². The fourth-order valence-corrected chi connectivity index (χ4v) is 2.88. The summed E-state index contributed by atoms with van der Waals surface area (Å²) in [4.78, 5) is 3.20. The van der Waals surface area contributed by atoms with Gasteiger partial charge in [-0.05, 0) is 49.7 Å². The Kier molecular flexibility index (Phi) is 4.88. The summed E-state index contributed by atoms with van der Waals surface area (Å²) in [6, 6.07) is 6.16. The Balaban J connectivity index is 2.02. The monoisotopic (exact) mass is 361 g/mol. The summed E-state index contributed by atoms with van der Waals surface area (Å²) in [5, 5.41) is 0. The topological polar surface area (TPSA) is 12.5 Å². The quantitative estimate of drug-likeness (QED) is 0.758. The largest absolute Gasteiger partial charge is 0.497 e. The number of nitrogens with zero attached hydrogens (tertiary/aromatic N) is 1. The van der Waals surface area contributed by atoms with E-state index in [4.69, 9.17) is 4.74 Å². The molecule has 0 aliphatic carbocycles. The molecule has 0 unspecified atom stereocenters. The molecule has 2 rings (SSSR count). The van der Waals surface area contributed by atoms with Gasteiger partial charge in [-0.2, -0.15) is 0 Å². The van der Waals surface area contributed by atoms with E-state index in [2.05, 4.69) is 48.9 Å². The fraction of sp³-hybridized carbons (Fsp3) is 0.538. The molecule has 0 amide bonds. The lowest BCUT2D eigenvalue weighted by Crippen LogP contribution is -2.33. The van der Waals surface area contributed by atoms with Gasteiger partial charge in [0.25, 0.3) is 0 Å². The summed E-state index contributed by atoms with van der Waals surface area (Å²) in [6.45, 7) is 3.33. The van der Waals surface area contributed by atoms with E-state index in [0.29, 0.717) is 4.83 Å². The zero-order chi connectivity index (χ0) is 12.3. The van der Waals surface area contributed by atoms with Crippen molar-refractivity contribution in [3.05, 3.63) is 28.2 Å². The minimum absolute atomic E-state index is 0.701.